The van der Waals surface area contributed by atoms with Crippen LogP contribution in [0, 0.1) is 20.8 Å². The highest BCUT2D eigenvalue weighted by atomic mass is 16.5. The maximum Gasteiger partial charge on any atom is 0.261 e. The number of rotatable bonds is 10. The van der Waals surface area contributed by atoms with E-state index in [0.717, 1.165) is 53.5 Å². The van der Waals surface area contributed by atoms with Gasteiger partial charge >= 0.3 is 0 Å². The number of ether oxygens (including phenoxy) is 1. The molecule has 5 nitrogen and oxygen atoms in total. The summed E-state index contributed by atoms with van der Waals surface area (Å²) >= 11 is 0. The fraction of sp³-hybridized carbons (Fsp3) is 0.375. The summed E-state index contributed by atoms with van der Waals surface area (Å²) < 4.78 is 6.01. The molecule has 4 rings (SSSR count). The molecule has 0 saturated heterocycles. The number of carbonyl (C=O) groups is 2. The van der Waals surface area contributed by atoms with Crippen molar-refractivity contribution < 1.29 is 14.3 Å². The Morgan fingerprint density at radius 3 is 2.27 bits per heavy atom. The van der Waals surface area contributed by atoms with Gasteiger partial charge < -0.3 is 15.0 Å². The summed E-state index contributed by atoms with van der Waals surface area (Å²) in [5.41, 5.74) is 5.20. The largest absolute Gasteiger partial charge is 0.483 e. The second-order valence-corrected chi connectivity index (χ2v) is 10.3. The van der Waals surface area contributed by atoms with E-state index in [2.05, 4.69) is 5.32 Å². The van der Waals surface area contributed by atoms with Gasteiger partial charge in [0.25, 0.3) is 5.91 Å². The molecule has 3 aromatic rings. The number of carbonyl (C=O) groups excluding carboxylic acids is 2. The molecule has 0 spiro atoms. The van der Waals surface area contributed by atoms with Crippen LogP contribution in [0.3, 0.4) is 0 Å². The molecule has 2 amide bonds. The topological polar surface area (TPSA) is 58.6 Å². The van der Waals surface area contributed by atoms with E-state index in [4.69, 9.17) is 4.74 Å². The molecule has 0 unspecified atom stereocenters. The predicted octanol–water partition coefficient (Wildman–Crippen LogP) is 5.69. The Hall–Kier alpha value is -3.60. The zero-order valence-corrected chi connectivity index (χ0v) is 22.2. The van der Waals surface area contributed by atoms with Crippen molar-refractivity contribution in [1.29, 1.82) is 0 Å². The molecule has 0 aromatic heterocycles. The van der Waals surface area contributed by atoms with Crippen LogP contribution in [0.25, 0.3) is 0 Å². The average Bonchev–Trinajstić information content (AvgIpc) is 3.41. The van der Waals surface area contributed by atoms with Gasteiger partial charge in [-0.15, -0.1) is 0 Å². The van der Waals surface area contributed by atoms with Crippen LogP contribution >= 0.6 is 0 Å². The van der Waals surface area contributed by atoms with E-state index in [1.807, 2.05) is 93.6 Å². The Morgan fingerprint density at radius 1 is 0.892 bits per heavy atom. The fourth-order valence-electron chi connectivity index (χ4n) is 4.90. The number of benzene rings is 3. The maximum atomic E-state index is 13.8. The zero-order valence-electron chi connectivity index (χ0n) is 22.2. The summed E-state index contributed by atoms with van der Waals surface area (Å²) in [6.45, 7) is 6.22. The van der Waals surface area contributed by atoms with Crippen molar-refractivity contribution in [2.75, 3.05) is 6.61 Å². The SMILES string of the molecule is Cc1ccc(CN(C(=O)COc2cc(C)ccc2C)[C@@H](Cc2ccccc2)C(=O)NC2CCCC2)cc1. The van der Waals surface area contributed by atoms with Crippen LogP contribution in [0.15, 0.2) is 72.8 Å². The third-order valence-electron chi connectivity index (χ3n) is 7.14. The average molecular weight is 499 g/mol. The third-order valence-corrected chi connectivity index (χ3v) is 7.14. The standard InChI is InChI=1S/C32H38N2O3/c1-23-14-17-27(18-15-23)21-34(31(35)22-37-30-19-24(2)13-16-25(30)3)29(20-26-9-5-4-6-10-26)32(36)33-28-11-7-8-12-28/h4-6,9-10,13-19,28-29H,7-8,11-12,20-22H2,1-3H3,(H,33,36)/t29-/m0/s1. The first kappa shape index (κ1) is 26.5. The third kappa shape index (κ3) is 7.45. The summed E-state index contributed by atoms with van der Waals surface area (Å²) in [4.78, 5) is 29.2. The minimum Gasteiger partial charge on any atom is -0.483 e. The quantitative estimate of drug-likeness (QED) is 0.391. The second-order valence-electron chi connectivity index (χ2n) is 10.3. The smallest absolute Gasteiger partial charge is 0.261 e. The van der Waals surface area contributed by atoms with E-state index >= 15 is 0 Å². The normalized spacial score (nSPS) is 14.2. The van der Waals surface area contributed by atoms with Gasteiger partial charge in [0, 0.05) is 19.0 Å². The first-order chi connectivity index (χ1) is 17.9. The van der Waals surface area contributed by atoms with Crippen molar-refractivity contribution in [3.8, 4) is 5.75 Å². The van der Waals surface area contributed by atoms with Gasteiger partial charge in [-0.3, -0.25) is 9.59 Å². The molecule has 0 bridgehead atoms. The molecule has 1 saturated carbocycles. The fourth-order valence-corrected chi connectivity index (χ4v) is 4.90. The first-order valence-electron chi connectivity index (χ1n) is 13.3. The van der Waals surface area contributed by atoms with E-state index in [-0.39, 0.29) is 24.5 Å². The highest BCUT2D eigenvalue weighted by Gasteiger charge is 2.32. The lowest BCUT2D eigenvalue weighted by Gasteiger charge is -2.32. The minimum atomic E-state index is -0.640. The van der Waals surface area contributed by atoms with Crippen molar-refractivity contribution in [3.05, 3.63) is 101 Å². The Morgan fingerprint density at radius 2 is 1.57 bits per heavy atom. The van der Waals surface area contributed by atoms with Gasteiger partial charge in [-0.2, -0.15) is 0 Å². The van der Waals surface area contributed by atoms with Crippen LogP contribution in [-0.4, -0.2) is 35.4 Å². The number of amides is 2. The van der Waals surface area contributed by atoms with E-state index < -0.39 is 6.04 Å². The van der Waals surface area contributed by atoms with Gasteiger partial charge in [0.1, 0.15) is 11.8 Å². The number of nitrogens with one attached hydrogen (secondary N) is 1. The van der Waals surface area contributed by atoms with Crippen molar-refractivity contribution in [1.82, 2.24) is 10.2 Å². The summed E-state index contributed by atoms with van der Waals surface area (Å²) in [7, 11) is 0. The summed E-state index contributed by atoms with van der Waals surface area (Å²) in [6, 6.07) is 23.5. The summed E-state index contributed by atoms with van der Waals surface area (Å²) in [5.74, 6) is 0.394. The van der Waals surface area contributed by atoms with Crippen LogP contribution in [0.2, 0.25) is 0 Å². The second kappa shape index (κ2) is 12.6. The predicted molar refractivity (Wildman–Crippen MR) is 147 cm³/mol. The summed E-state index contributed by atoms with van der Waals surface area (Å²) in [6.07, 6.45) is 4.69. The van der Waals surface area contributed by atoms with Gasteiger partial charge in [-0.05, 0) is 61.9 Å². The molecular weight excluding hydrogens is 460 g/mol. The maximum absolute atomic E-state index is 13.8. The lowest BCUT2D eigenvalue weighted by molar-refractivity contribution is -0.143. The molecule has 0 heterocycles. The first-order valence-corrected chi connectivity index (χ1v) is 13.3. The van der Waals surface area contributed by atoms with Crippen LogP contribution in [0.1, 0.15) is 53.5 Å². The van der Waals surface area contributed by atoms with E-state index in [1.165, 1.54) is 0 Å². The highest BCUT2D eigenvalue weighted by Crippen LogP contribution is 2.22. The minimum absolute atomic E-state index is 0.0945. The van der Waals surface area contributed by atoms with Gasteiger partial charge in [-0.25, -0.2) is 0 Å². The number of hydrogen-bond acceptors (Lipinski definition) is 3. The molecule has 5 heteroatoms. The molecule has 1 N–H and O–H groups in total. The molecule has 3 aromatic carbocycles. The van der Waals surface area contributed by atoms with Gasteiger partial charge in [0.15, 0.2) is 6.61 Å². The van der Waals surface area contributed by atoms with Crippen molar-refractivity contribution >= 4 is 11.8 Å². The molecule has 37 heavy (non-hydrogen) atoms. The van der Waals surface area contributed by atoms with Crippen LogP contribution in [0.5, 0.6) is 5.75 Å². The van der Waals surface area contributed by atoms with E-state index in [9.17, 15) is 9.59 Å². The Balaban J connectivity index is 1.62. The van der Waals surface area contributed by atoms with Crippen molar-refractivity contribution in [2.24, 2.45) is 0 Å². The lowest BCUT2D eigenvalue weighted by Crippen LogP contribution is -2.53. The van der Waals surface area contributed by atoms with E-state index in [1.54, 1.807) is 4.90 Å². The van der Waals surface area contributed by atoms with Crippen LogP contribution in [0.4, 0.5) is 0 Å². The molecular formula is C32H38N2O3. The molecule has 1 aliphatic rings. The molecule has 1 fully saturated rings. The summed E-state index contributed by atoms with van der Waals surface area (Å²) in [5, 5.41) is 3.25. The monoisotopic (exact) mass is 498 g/mol. The zero-order chi connectivity index (χ0) is 26.2. The number of hydrogen-bond donors (Lipinski definition) is 1. The van der Waals surface area contributed by atoms with Crippen LogP contribution in [-0.2, 0) is 22.6 Å². The number of aryl methyl sites for hydroxylation is 3. The molecule has 1 atom stereocenters. The van der Waals surface area contributed by atoms with Gasteiger partial charge in [-0.1, -0.05) is 85.1 Å². The Bertz CT molecular complexity index is 1180. The van der Waals surface area contributed by atoms with Crippen molar-refractivity contribution in [3.63, 3.8) is 0 Å². The van der Waals surface area contributed by atoms with Crippen LogP contribution < -0.4 is 10.1 Å². The molecule has 1 aliphatic carbocycles. The number of nitrogens with zero attached hydrogens (tertiary/aromatic N) is 1. The van der Waals surface area contributed by atoms with E-state index in [0.29, 0.717) is 18.7 Å². The Kier molecular flexibility index (Phi) is 8.99. The molecule has 0 aliphatic heterocycles. The molecule has 194 valence electrons. The Labute approximate surface area is 220 Å². The van der Waals surface area contributed by atoms with Gasteiger partial charge in [0.2, 0.25) is 5.91 Å². The lowest BCUT2D eigenvalue weighted by atomic mass is 10.0. The highest BCUT2D eigenvalue weighted by molar-refractivity contribution is 5.88. The van der Waals surface area contributed by atoms with Gasteiger partial charge in [0.05, 0.1) is 0 Å². The molecule has 0 radical (unpaired) electrons. The van der Waals surface area contributed by atoms with Crippen molar-refractivity contribution in [2.45, 2.75) is 71.5 Å².